The fraction of sp³-hybridized carbons (Fsp3) is 0.467. The summed E-state index contributed by atoms with van der Waals surface area (Å²) in [5, 5.41) is 4.05. The fourth-order valence-electron chi connectivity index (χ4n) is 2.19. The molecular weight excluding hydrogens is 252 g/mol. The number of likely N-dealkylation sites (N-methyl/N-ethyl adjacent to an activating group) is 1. The lowest BCUT2D eigenvalue weighted by atomic mass is 10.1. The van der Waals surface area contributed by atoms with Gasteiger partial charge in [0.2, 0.25) is 0 Å². The van der Waals surface area contributed by atoms with Crippen molar-refractivity contribution in [1.82, 2.24) is 15.0 Å². The maximum atomic E-state index is 5.75. The Hall–Kier alpha value is -1.88. The van der Waals surface area contributed by atoms with Crippen LogP contribution in [0.15, 0.2) is 22.7 Å². The molecular formula is C15H22N4O. The quantitative estimate of drug-likeness (QED) is 0.820. The first-order valence-electron chi connectivity index (χ1n) is 7.05. The third kappa shape index (κ3) is 3.36. The number of nitrogens with two attached hydrogens (primary N) is 1. The third-order valence-corrected chi connectivity index (χ3v) is 3.50. The number of hydrogen-bond acceptors (Lipinski definition) is 5. The average molecular weight is 274 g/mol. The Morgan fingerprint density at radius 2 is 2.00 bits per heavy atom. The standard InChI is InChI=1S/C15H22N4O/c1-4-19(5-2)9-8-14-17-15(20-18-14)13-7-6-12(16)10-11(13)3/h6-7,10H,4-5,8-9,16H2,1-3H3. The summed E-state index contributed by atoms with van der Waals surface area (Å²) < 4.78 is 5.35. The predicted molar refractivity (Wildman–Crippen MR) is 80.4 cm³/mol. The van der Waals surface area contributed by atoms with Gasteiger partial charge < -0.3 is 15.2 Å². The maximum Gasteiger partial charge on any atom is 0.258 e. The molecule has 0 amide bonds. The van der Waals surface area contributed by atoms with Crippen molar-refractivity contribution in [3.05, 3.63) is 29.6 Å². The number of hydrogen-bond donors (Lipinski definition) is 1. The molecule has 5 nitrogen and oxygen atoms in total. The van der Waals surface area contributed by atoms with Crippen LogP contribution in [0.5, 0.6) is 0 Å². The van der Waals surface area contributed by atoms with Crippen molar-refractivity contribution in [3.8, 4) is 11.5 Å². The lowest BCUT2D eigenvalue weighted by Gasteiger charge is -2.16. The first-order valence-corrected chi connectivity index (χ1v) is 7.05. The van der Waals surface area contributed by atoms with Crippen molar-refractivity contribution in [2.45, 2.75) is 27.2 Å². The van der Waals surface area contributed by atoms with Crippen molar-refractivity contribution in [1.29, 1.82) is 0 Å². The zero-order valence-electron chi connectivity index (χ0n) is 12.4. The lowest BCUT2D eigenvalue weighted by molar-refractivity contribution is 0.303. The minimum absolute atomic E-state index is 0.567. The van der Waals surface area contributed by atoms with E-state index in [0.29, 0.717) is 5.89 Å². The summed E-state index contributed by atoms with van der Waals surface area (Å²) in [6.45, 7) is 9.33. The Morgan fingerprint density at radius 1 is 1.25 bits per heavy atom. The number of aromatic nitrogens is 2. The van der Waals surface area contributed by atoms with Gasteiger partial charge in [-0.3, -0.25) is 0 Å². The molecule has 2 N–H and O–H groups in total. The molecule has 2 aromatic rings. The van der Waals surface area contributed by atoms with Gasteiger partial charge in [0.15, 0.2) is 5.82 Å². The Balaban J connectivity index is 2.08. The minimum Gasteiger partial charge on any atom is -0.399 e. The van der Waals surface area contributed by atoms with E-state index in [1.165, 1.54) is 0 Å². The van der Waals surface area contributed by atoms with E-state index in [9.17, 15) is 0 Å². The minimum atomic E-state index is 0.567. The highest BCUT2D eigenvalue weighted by Crippen LogP contribution is 2.23. The van der Waals surface area contributed by atoms with Crippen LogP contribution < -0.4 is 5.73 Å². The Bertz CT molecular complexity index is 561. The molecule has 5 heteroatoms. The zero-order valence-corrected chi connectivity index (χ0v) is 12.4. The van der Waals surface area contributed by atoms with Gasteiger partial charge in [-0.15, -0.1) is 0 Å². The van der Waals surface area contributed by atoms with E-state index in [-0.39, 0.29) is 0 Å². The monoisotopic (exact) mass is 274 g/mol. The molecule has 20 heavy (non-hydrogen) atoms. The van der Waals surface area contributed by atoms with Gasteiger partial charge in [0.05, 0.1) is 0 Å². The van der Waals surface area contributed by atoms with Crippen molar-refractivity contribution < 1.29 is 4.52 Å². The van der Waals surface area contributed by atoms with E-state index in [0.717, 1.165) is 48.7 Å². The number of nitrogen functional groups attached to an aromatic ring is 1. The van der Waals surface area contributed by atoms with Crippen LogP contribution in [0.2, 0.25) is 0 Å². The summed E-state index contributed by atoms with van der Waals surface area (Å²) in [7, 11) is 0. The molecule has 0 saturated carbocycles. The molecule has 0 radical (unpaired) electrons. The predicted octanol–water partition coefficient (Wildman–Crippen LogP) is 2.51. The first kappa shape index (κ1) is 14.5. The molecule has 0 fully saturated rings. The number of rotatable bonds is 6. The topological polar surface area (TPSA) is 68.2 Å². The van der Waals surface area contributed by atoms with Crippen molar-refractivity contribution >= 4 is 5.69 Å². The summed E-state index contributed by atoms with van der Waals surface area (Å²) in [5.41, 5.74) is 8.48. The molecule has 1 heterocycles. The Labute approximate surface area is 119 Å². The van der Waals surface area contributed by atoms with E-state index < -0.39 is 0 Å². The molecule has 0 aliphatic carbocycles. The molecule has 0 bridgehead atoms. The van der Waals surface area contributed by atoms with Crippen LogP contribution in [0.3, 0.4) is 0 Å². The molecule has 2 rings (SSSR count). The van der Waals surface area contributed by atoms with Crippen molar-refractivity contribution in [3.63, 3.8) is 0 Å². The molecule has 1 aromatic carbocycles. The van der Waals surface area contributed by atoms with Crippen molar-refractivity contribution in [2.24, 2.45) is 0 Å². The SMILES string of the molecule is CCN(CC)CCc1noc(-c2ccc(N)cc2C)n1. The molecule has 0 unspecified atom stereocenters. The largest absolute Gasteiger partial charge is 0.399 e. The molecule has 1 aromatic heterocycles. The number of anilines is 1. The number of aryl methyl sites for hydroxylation is 1. The second kappa shape index (κ2) is 6.52. The van der Waals surface area contributed by atoms with Gasteiger partial charge in [0, 0.05) is 24.2 Å². The fourth-order valence-corrected chi connectivity index (χ4v) is 2.19. The van der Waals surface area contributed by atoms with E-state index >= 15 is 0 Å². The van der Waals surface area contributed by atoms with Gasteiger partial charge in [-0.25, -0.2) is 0 Å². The zero-order chi connectivity index (χ0) is 14.5. The molecule has 0 atom stereocenters. The summed E-state index contributed by atoms with van der Waals surface area (Å²) in [5.74, 6) is 1.32. The van der Waals surface area contributed by atoms with Crippen LogP contribution in [0.4, 0.5) is 5.69 Å². The van der Waals surface area contributed by atoms with Gasteiger partial charge in [-0.05, 0) is 43.8 Å². The van der Waals surface area contributed by atoms with Crippen LogP contribution in [0.25, 0.3) is 11.5 Å². The third-order valence-electron chi connectivity index (χ3n) is 3.50. The van der Waals surface area contributed by atoms with E-state index in [2.05, 4.69) is 28.9 Å². The Kier molecular flexibility index (Phi) is 4.74. The van der Waals surface area contributed by atoms with E-state index in [1.807, 2.05) is 25.1 Å². The van der Waals surface area contributed by atoms with Crippen LogP contribution >= 0.6 is 0 Å². The van der Waals surface area contributed by atoms with Gasteiger partial charge in [-0.2, -0.15) is 4.98 Å². The number of nitrogens with zero attached hydrogens (tertiary/aromatic N) is 3. The number of benzene rings is 1. The average Bonchev–Trinajstić information content (AvgIpc) is 2.88. The van der Waals surface area contributed by atoms with Gasteiger partial charge in [0.1, 0.15) is 0 Å². The molecule has 0 saturated heterocycles. The lowest BCUT2D eigenvalue weighted by Crippen LogP contribution is -2.25. The molecule has 0 aliphatic heterocycles. The van der Waals surface area contributed by atoms with Crippen LogP contribution in [0.1, 0.15) is 25.2 Å². The smallest absolute Gasteiger partial charge is 0.258 e. The van der Waals surface area contributed by atoms with Gasteiger partial charge in [-0.1, -0.05) is 19.0 Å². The first-order chi connectivity index (χ1) is 9.63. The highest BCUT2D eigenvalue weighted by Gasteiger charge is 2.12. The van der Waals surface area contributed by atoms with Gasteiger partial charge >= 0.3 is 0 Å². The highest BCUT2D eigenvalue weighted by molar-refractivity contribution is 5.62. The second-order valence-electron chi connectivity index (χ2n) is 4.87. The molecule has 0 aliphatic rings. The van der Waals surface area contributed by atoms with E-state index in [1.54, 1.807) is 0 Å². The summed E-state index contributed by atoms with van der Waals surface area (Å²) in [6, 6.07) is 5.68. The van der Waals surface area contributed by atoms with Crippen LogP contribution in [0, 0.1) is 6.92 Å². The molecule has 108 valence electrons. The van der Waals surface area contributed by atoms with Crippen molar-refractivity contribution in [2.75, 3.05) is 25.4 Å². The van der Waals surface area contributed by atoms with E-state index in [4.69, 9.17) is 10.3 Å². The highest BCUT2D eigenvalue weighted by atomic mass is 16.5. The van der Waals surface area contributed by atoms with Crippen LogP contribution in [-0.4, -0.2) is 34.7 Å². The van der Waals surface area contributed by atoms with Gasteiger partial charge in [0.25, 0.3) is 5.89 Å². The second-order valence-corrected chi connectivity index (χ2v) is 4.87. The normalized spacial score (nSPS) is 11.2. The molecule has 0 spiro atoms. The Morgan fingerprint density at radius 3 is 2.65 bits per heavy atom. The summed E-state index contributed by atoms with van der Waals surface area (Å²) >= 11 is 0. The maximum absolute atomic E-state index is 5.75. The van der Waals surface area contributed by atoms with Crippen LogP contribution in [-0.2, 0) is 6.42 Å². The summed E-state index contributed by atoms with van der Waals surface area (Å²) in [4.78, 5) is 6.80. The summed E-state index contributed by atoms with van der Waals surface area (Å²) in [6.07, 6.45) is 0.805.